The molecule has 106 valence electrons. The third-order valence-electron chi connectivity index (χ3n) is 2.85. The van der Waals surface area contributed by atoms with Gasteiger partial charge in [0.15, 0.2) is 0 Å². The molecule has 1 aromatic rings. The monoisotopic (exact) mass is 264 g/mol. The Morgan fingerprint density at radius 2 is 1.79 bits per heavy atom. The third kappa shape index (κ3) is 4.91. The zero-order valence-electron chi connectivity index (χ0n) is 12.6. The molecule has 0 saturated carbocycles. The molecule has 0 aromatic heterocycles. The molecule has 4 heteroatoms. The summed E-state index contributed by atoms with van der Waals surface area (Å²) in [6.07, 6.45) is -0.438. The number of nitrogens with one attached hydrogen (secondary N) is 2. The quantitative estimate of drug-likeness (QED) is 0.878. The van der Waals surface area contributed by atoms with Crippen LogP contribution >= 0.6 is 0 Å². The van der Waals surface area contributed by atoms with Crippen molar-refractivity contribution in [1.82, 2.24) is 5.32 Å². The highest BCUT2D eigenvalue weighted by atomic mass is 16.6. The van der Waals surface area contributed by atoms with E-state index in [9.17, 15) is 4.79 Å². The van der Waals surface area contributed by atoms with Gasteiger partial charge in [0.1, 0.15) is 5.60 Å². The molecule has 1 rings (SSSR count). The van der Waals surface area contributed by atoms with Gasteiger partial charge in [0, 0.05) is 11.2 Å². The van der Waals surface area contributed by atoms with Crippen LogP contribution < -0.4 is 10.6 Å². The Hall–Kier alpha value is -1.55. The van der Waals surface area contributed by atoms with E-state index in [4.69, 9.17) is 4.74 Å². The predicted molar refractivity (Wildman–Crippen MR) is 78.4 cm³/mol. The van der Waals surface area contributed by atoms with Gasteiger partial charge in [0.2, 0.25) is 0 Å². The normalized spacial score (nSPS) is 12.1. The topological polar surface area (TPSA) is 50.4 Å². The second kappa shape index (κ2) is 5.61. The Morgan fingerprint density at radius 1 is 1.16 bits per heavy atom. The van der Waals surface area contributed by atoms with E-state index >= 15 is 0 Å². The molecule has 0 spiro atoms. The van der Waals surface area contributed by atoms with Gasteiger partial charge in [-0.1, -0.05) is 12.1 Å². The average Bonchev–Trinajstić information content (AvgIpc) is 2.26. The summed E-state index contributed by atoms with van der Waals surface area (Å²) in [5.74, 6) is 0. The van der Waals surface area contributed by atoms with Crippen LogP contribution in [-0.2, 0) is 10.3 Å². The molecule has 0 fully saturated rings. The molecular weight excluding hydrogens is 240 g/mol. The van der Waals surface area contributed by atoms with Crippen LogP contribution in [0.25, 0.3) is 0 Å². The van der Waals surface area contributed by atoms with Crippen molar-refractivity contribution in [3.05, 3.63) is 29.8 Å². The molecule has 0 aliphatic carbocycles. The average molecular weight is 264 g/mol. The highest BCUT2D eigenvalue weighted by Crippen LogP contribution is 2.22. The van der Waals surface area contributed by atoms with E-state index in [-0.39, 0.29) is 5.54 Å². The molecule has 1 aromatic carbocycles. The van der Waals surface area contributed by atoms with Gasteiger partial charge in [-0.05, 0) is 59.4 Å². The van der Waals surface area contributed by atoms with Gasteiger partial charge in [-0.3, -0.25) is 5.32 Å². The highest BCUT2D eigenvalue weighted by Gasteiger charge is 2.19. The van der Waals surface area contributed by atoms with E-state index in [1.54, 1.807) is 0 Å². The maximum absolute atomic E-state index is 11.7. The Morgan fingerprint density at radius 3 is 2.32 bits per heavy atom. The first kappa shape index (κ1) is 15.5. The number of hydrogen-bond acceptors (Lipinski definition) is 3. The standard InChI is InChI=1S/C15H24N2O2/c1-14(2,3)19-13(18)17-12-9-7-8-11(10-12)15(4,5)16-6/h7-10,16H,1-6H3,(H,17,18). The van der Waals surface area contributed by atoms with Crippen LogP contribution in [0.4, 0.5) is 10.5 Å². The number of amides is 1. The summed E-state index contributed by atoms with van der Waals surface area (Å²) in [7, 11) is 1.91. The molecule has 0 radical (unpaired) electrons. The van der Waals surface area contributed by atoms with Crippen LogP contribution in [0.1, 0.15) is 40.2 Å². The molecule has 0 atom stereocenters. The molecule has 0 aliphatic heterocycles. The maximum Gasteiger partial charge on any atom is 0.412 e. The van der Waals surface area contributed by atoms with Crippen LogP contribution in [-0.4, -0.2) is 18.7 Å². The van der Waals surface area contributed by atoms with E-state index < -0.39 is 11.7 Å². The fourth-order valence-corrected chi connectivity index (χ4v) is 1.55. The number of ether oxygens (including phenoxy) is 1. The Bertz CT molecular complexity index is 448. The van der Waals surface area contributed by atoms with Gasteiger partial charge in [0.25, 0.3) is 0 Å². The van der Waals surface area contributed by atoms with E-state index in [0.717, 1.165) is 11.3 Å². The first-order chi connectivity index (χ1) is 8.64. The predicted octanol–water partition coefficient (Wildman–Crippen LogP) is 3.49. The largest absolute Gasteiger partial charge is 0.444 e. The van der Waals surface area contributed by atoms with Gasteiger partial charge in [-0.2, -0.15) is 0 Å². The lowest BCUT2D eigenvalue weighted by Crippen LogP contribution is -2.33. The van der Waals surface area contributed by atoms with Crippen molar-refractivity contribution < 1.29 is 9.53 Å². The fraction of sp³-hybridized carbons (Fsp3) is 0.533. The molecule has 4 nitrogen and oxygen atoms in total. The molecule has 0 unspecified atom stereocenters. The van der Waals surface area contributed by atoms with Gasteiger partial charge in [-0.15, -0.1) is 0 Å². The molecule has 2 N–H and O–H groups in total. The smallest absolute Gasteiger partial charge is 0.412 e. The Labute approximate surface area is 115 Å². The number of benzene rings is 1. The summed E-state index contributed by atoms with van der Waals surface area (Å²) in [6, 6.07) is 7.73. The van der Waals surface area contributed by atoms with Crippen LogP contribution in [0.3, 0.4) is 0 Å². The number of rotatable bonds is 3. The Balaban J connectivity index is 2.81. The van der Waals surface area contributed by atoms with Crippen molar-refractivity contribution >= 4 is 11.8 Å². The summed E-state index contributed by atoms with van der Waals surface area (Å²) in [5, 5.41) is 5.98. The van der Waals surface area contributed by atoms with Crippen LogP contribution in [0.5, 0.6) is 0 Å². The van der Waals surface area contributed by atoms with Crippen LogP contribution in [0, 0.1) is 0 Å². The van der Waals surface area contributed by atoms with E-state index in [0.29, 0.717) is 0 Å². The number of hydrogen-bond donors (Lipinski definition) is 2. The van der Waals surface area contributed by atoms with E-state index in [2.05, 4.69) is 24.5 Å². The second-order valence-electron chi connectivity index (χ2n) is 6.08. The number of anilines is 1. The molecule has 0 aliphatic rings. The van der Waals surface area contributed by atoms with Crippen molar-refractivity contribution in [3.63, 3.8) is 0 Å². The third-order valence-corrected chi connectivity index (χ3v) is 2.85. The lowest BCUT2D eigenvalue weighted by atomic mass is 9.94. The zero-order valence-corrected chi connectivity index (χ0v) is 12.6. The summed E-state index contributed by atoms with van der Waals surface area (Å²) in [4.78, 5) is 11.7. The minimum atomic E-state index is -0.494. The highest BCUT2D eigenvalue weighted by molar-refractivity contribution is 5.85. The fourth-order valence-electron chi connectivity index (χ4n) is 1.55. The number of carbonyl (C=O) groups excluding carboxylic acids is 1. The summed E-state index contributed by atoms with van der Waals surface area (Å²) in [5.41, 5.74) is 1.19. The minimum Gasteiger partial charge on any atom is -0.444 e. The van der Waals surface area contributed by atoms with Gasteiger partial charge >= 0.3 is 6.09 Å². The van der Waals surface area contributed by atoms with Crippen molar-refractivity contribution in [1.29, 1.82) is 0 Å². The van der Waals surface area contributed by atoms with Gasteiger partial charge < -0.3 is 10.1 Å². The molecule has 0 bridgehead atoms. The van der Waals surface area contributed by atoms with Crippen molar-refractivity contribution in [2.45, 2.75) is 45.8 Å². The molecule has 1 amide bonds. The van der Waals surface area contributed by atoms with Crippen LogP contribution in [0.15, 0.2) is 24.3 Å². The molecular formula is C15H24N2O2. The zero-order chi connectivity index (χ0) is 14.7. The minimum absolute atomic E-state index is 0.147. The first-order valence-electron chi connectivity index (χ1n) is 6.43. The summed E-state index contributed by atoms with van der Waals surface area (Å²) in [6.45, 7) is 9.69. The van der Waals surface area contributed by atoms with Gasteiger partial charge in [0.05, 0.1) is 0 Å². The molecule has 0 heterocycles. The van der Waals surface area contributed by atoms with Crippen molar-refractivity contribution in [2.24, 2.45) is 0 Å². The molecule has 0 saturated heterocycles. The number of carbonyl (C=O) groups is 1. The summed E-state index contributed by atoms with van der Waals surface area (Å²) >= 11 is 0. The molecule has 19 heavy (non-hydrogen) atoms. The van der Waals surface area contributed by atoms with Crippen molar-refractivity contribution in [3.8, 4) is 0 Å². The lowest BCUT2D eigenvalue weighted by Gasteiger charge is -2.25. The Kier molecular flexibility index (Phi) is 4.58. The lowest BCUT2D eigenvalue weighted by molar-refractivity contribution is 0.0636. The second-order valence-corrected chi connectivity index (χ2v) is 6.08. The first-order valence-corrected chi connectivity index (χ1v) is 6.43. The van der Waals surface area contributed by atoms with E-state index in [1.807, 2.05) is 52.1 Å². The maximum atomic E-state index is 11.7. The summed E-state index contributed by atoms with van der Waals surface area (Å²) < 4.78 is 5.23. The SMILES string of the molecule is CNC(C)(C)c1cccc(NC(=O)OC(C)(C)C)c1. The van der Waals surface area contributed by atoms with E-state index in [1.165, 1.54) is 0 Å². The van der Waals surface area contributed by atoms with Crippen molar-refractivity contribution in [2.75, 3.05) is 12.4 Å². The van der Waals surface area contributed by atoms with Gasteiger partial charge in [-0.25, -0.2) is 4.79 Å². The van der Waals surface area contributed by atoms with Crippen LogP contribution in [0.2, 0.25) is 0 Å².